The van der Waals surface area contributed by atoms with Crippen LogP contribution in [0.2, 0.25) is 0 Å². The molecule has 2 rings (SSSR count). The van der Waals surface area contributed by atoms with Gasteiger partial charge in [-0.3, -0.25) is 4.68 Å². The Labute approximate surface area is 116 Å². The predicted octanol–water partition coefficient (Wildman–Crippen LogP) is 2.68. The Hall–Kier alpha value is -1.27. The topological polar surface area (TPSA) is 61.2 Å². The number of aryl methyl sites for hydroxylation is 1. The molecule has 0 radical (unpaired) electrons. The first-order chi connectivity index (χ1) is 8.93. The molecule has 0 amide bonds. The first kappa shape index (κ1) is 14.1. The number of halogens is 1. The highest BCUT2D eigenvalue weighted by molar-refractivity contribution is 8.13. The van der Waals surface area contributed by atoms with Crippen LogP contribution < -0.4 is 4.74 Å². The van der Waals surface area contributed by atoms with Gasteiger partial charge in [-0.25, -0.2) is 8.42 Å². The number of hydrogen-bond acceptors (Lipinski definition) is 4. The second-order valence-corrected chi connectivity index (χ2v) is 6.81. The van der Waals surface area contributed by atoms with Crippen LogP contribution in [0.25, 0.3) is 10.9 Å². The summed E-state index contributed by atoms with van der Waals surface area (Å²) in [4.78, 5) is 0.0509. The van der Waals surface area contributed by atoms with Gasteiger partial charge in [0.25, 0.3) is 9.05 Å². The molecule has 19 heavy (non-hydrogen) atoms. The van der Waals surface area contributed by atoms with E-state index < -0.39 is 9.05 Å². The maximum atomic E-state index is 11.4. The van der Waals surface area contributed by atoms with Gasteiger partial charge in [0, 0.05) is 17.7 Å². The Morgan fingerprint density at radius 1 is 1.42 bits per heavy atom. The second-order valence-electron chi connectivity index (χ2n) is 4.25. The van der Waals surface area contributed by atoms with Crippen LogP contribution in [0.3, 0.4) is 0 Å². The largest absolute Gasteiger partial charge is 0.476 e. The molecular formula is C12H15ClN2O3S. The summed E-state index contributed by atoms with van der Waals surface area (Å²) in [5.74, 6) is 0.438. The van der Waals surface area contributed by atoms with Crippen LogP contribution in [-0.4, -0.2) is 24.8 Å². The van der Waals surface area contributed by atoms with Gasteiger partial charge in [0.1, 0.15) is 0 Å². The zero-order valence-electron chi connectivity index (χ0n) is 10.8. The van der Waals surface area contributed by atoms with E-state index in [0.717, 1.165) is 18.4 Å². The lowest BCUT2D eigenvalue weighted by Crippen LogP contribution is -1.98. The van der Waals surface area contributed by atoms with Crippen LogP contribution in [0, 0.1) is 0 Å². The minimum Gasteiger partial charge on any atom is -0.476 e. The van der Waals surface area contributed by atoms with Gasteiger partial charge in [-0.1, -0.05) is 13.3 Å². The summed E-state index contributed by atoms with van der Waals surface area (Å²) in [5.41, 5.74) is 0.801. The maximum absolute atomic E-state index is 11.4. The minimum absolute atomic E-state index is 0.0509. The fraction of sp³-hybridized carbons (Fsp3) is 0.417. The van der Waals surface area contributed by atoms with Crippen molar-refractivity contribution in [2.75, 3.05) is 6.61 Å². The van der Waals surface area contributed by atoms with E-state index in [0.29, 0.717) is 17.9 Å². The molecule has 0 N–H and O–H groups in total. The molecule has 0 atom stereocenters. The van der Waals surface area contributed by atoms with Crippen LogP contribution in [0.4, 0.5) is 0 Å². The van der Waals surface area contributed by atoms with E-state index in [1.807, 2.05) is 0 Å². The molecule has 7 heteroatoms. The van der Waals surface area contributed by atoms with Gasteiger partial charge >= 0.3 is 0 Å². The Morgan fingerprint density at radius 3 is 2.79 bits per heavy atom. The quantitative estimate of drug-likeness (QED) is 0.629. The van der Waals surface area contributed by atoms with Gasteiger partial charge in [0.2, 0.25) is 5.88 Å². The molecule has 1 aromatic carbocycles. The summed E-state index contributed by atoms with van der Waals surface area (Å²) in [6.07, 6.45) is 1.94. The third-order valence-corrected chi connectivity index (χ3v) is 4.16. The highest BCUT2D eigenvalue weighted by Gasteiger charge is 2.15. The van der Waals surface area contributed by atoms with Gasteiger partial charge in [-0.15, -0.1) is 5.10 Å². The van der Waals surface area contributed by atoms with Crippen molar-refractivity contribution in [3.63, 3.8) is 0 Å². The van der Waals surface area contributed by atoms with Crippen molar-refractivity contribution in [3.05, 3.63) is 18.2 Å². The van der Waals surface area contributed by atoms with Gasteiger partial charge in [0.15, 0.2) is 0 Å². The zero-order chi connectivity index (χ0) is 14.0. The Kier molecular flexibility index (Phi) is 4.01. The lowest BCUT2D eigenvalue weighted by atomic mass is 10.2. The maximum Gasteiger partial charge on any atom is 0.261 e. The fourth-order valence-electron chi connectivity index (χ4n) is 1.78. The summed E-state index contributed by atoms with van der Waals surface area (Å²) in [6, 6.07) is 4.62. The first-order valence-electron chi connectivity index (χ1n) is 5.97. The van der Waals surface area contributed by atoms with Crippen LogP contribution in [0.1, 0.15) is 19.8 Å². The predicted molar refractivity (Wildman–Crippen MR) is 74.2 cm³/mol. The minimum atomic E-state index is -3.75. The van der Waals surface area contributed by atoms with Crippen LogP contribution in [0.5, 0.6) is 5.88 Å². The highest BCUT2D eigenvalue weighted by atomic mass is 35.7. The molecule has 0 saturated carbocycles. The van der Waals surface area contributed by atoms with E-state index in [1.54, 1.807) is 17.8 Å². The Balaban J connectivity index is 2.47. The molecule has 5 nitrogen and oxygen atoms in total. The number of nitrogens with zero attached hydrogens (tertiary/aromatic N) is 2. The smallest absolute Gasteiger partial charge is 0.261 e. The van der Waals surface area contributed by atoms with Crippen molar-refractivity contribution in [1.82, 2.24) is 9.78 Å². The second kappa shape index (κ2) is 5.38. The van der Waals surface area contributed by atoms with E-state index >= 15 is 0 Å². The summed E-state index contributed by atoms with van der Waals surface area (Å²) < 4.78 is 29.9. The third-order valence-electron chi connectivity index (χ3n) is 2.81. The summed E-state index contributed by atoms with van der Waals surface area (Å²) in [5, 5.41) is 4.89. The monoisotopic (exact) mass is 302 g/mol. The fourth-order valence-corrected chi connectivity index (χ4v) is 2.56. The molecule has 104 valence electrons. The third kappa shape index (κ3) is 3.01. The van der Waals surface area contributed by atoms with Crippen molar-refractivity contribution >= 4 is 30.6 Å². The van der Waals surface area contributed by atoms with Gasteiger partial charge in [-0.2, -0.15) is 0 Å². The molecule has 2 aromatic rings. The molecule has 0 aliphatic carbocycles. The lowest BCUT2D eigenvalue weighted by molar-refractivity contribution is 0.298. The van der Waals surface area contributed by atoms with Crippen LogP contribution in [0.15, 0.2) is 23.1 Å². The molecule has 0 aliphatic heterocycles. The number of ether oxygens (including phenoxy) is 1. The van der Waals surface area contributed by atoms with E-state index in [1.165, 1.54) is 12.1 Å². The molecule has 0 fully saturated rings. The van der Waals surface area contributed by atoms with Gasteiger partial charge < -0.3 is 4.74 Å². The van der Waals surface area contributed by atoms with E-state index in [2.05, 4.69) is 12.0 Å². The Morgan fingerprint density at radius 2 is 2.16 bits per heavy atom. The number of benzene rings is 1. The summed E-state index contributed by atoms with van der Waals surface area (Å²) >= 11 is 0. The summed E-state index contributed by atoms with van der Waals surface area (Å²) in [6.45, 7) is 2.62. The van der Waals surface area contributed by atoms with Gasteiger partial charge in [0.05, 0.1) is 22.4 Å². The molecule has 1 aromatic heterocycles. The normalized spacial score (nSPS) is 11.9. The zero-order valence-corrected chi connectivity index (χ0v) is 12.3. The van der Waals surface area contributed by atoms with Crippen molar-refractivity contribution in [2.45, 2.75) is 24.7 Å². The molecular weight excluding hydrogens is 288 g/mol. The number of fused-ring (bicyclic) bond motifs is 1. The molecule has 1 heterocycles. The van der Waals surface area contributed by atoms with Crippen molar-refractivity contribution in [3.8, 4) is 5.88 Å². The first-order valence-corrected chi connectivity index (χ1v) is 8.28. The number of aromatic nitrogens is 2. The van der Waals surface area contributed by atoms with Crippen molar-refractivity contribution in [1.29, 1.82) is 0 Å². The van der Waals surface area contributed by atoms with E-state index in [9.17, 15) is 8.42 Å². The average Bonchev–Trinajstić information content (AvgIpc) is 2.65. The molecule has 0 spiro atoms. The SMILES string of the molecule is CCCCOc1nn(C)c2ccc(S(=O)(=O)Cl)cc12. The van der Waals surface area contributed by atoms with Crippen molar-refractivity contribution in [2.24, 2.45) is 7.05 Å². The van der Waals surface area contributed by atoms with E-state index in [-0.39, 0.29) is 4.90 Å². The molecule has 0 saturated heterocycles. The summed E-state index contributed by atoms with van der Waals surface area (Å²) in [7, 11) is 3.38. The number of hydrogen-bond donors (Lipinski definition) is 0. The van der Waals surface area contributed by atoms with Crippen molar-refractivity contribution < 1.29 is 13.2 Å². The average molecular weight is 303 g/mol. The van der Waals surface area contributed by atoms with Crippen LogP contribution >= 0.6 is 10.7 Å². The standard InChI is InChI=1S/C12H15ClN2O3S/c1-3-4-7-18-12-10-8-9(19(13,16)17)5-6-11(10)15(2)14-12/h5-6,8H,3-4,7H2,1-2H3. The Bertz CT molecular complexity index is 694. The lowest BCUT2D eigenvalue weighted by Gasteiger charge is -2.02. The number of unbranched alkanes of at least 4 members (excludes halogenated alkanes) is 1. The molecule has 0 unspecified atom stereocenters. The molecule has 0 aliphatic rings. The van der Waals surface area contributed by atoms with Crippen LogP contribution in [-0.2, 0) is 16.1 Å². The van der Waals surface area contributed by atoms with E-state index in [4.69, 9.17) is 15.4 Å². The highest BCUT2D eigenvalue weighted by Crippen LogP contribution is 2.28. The van der Waals surface area contributed by atoms with Gasteiger partial charge in [-0.05, 0) is 24.6 Å². The number of rotatable bonds is 5. The molecule has 0 bridgehead atoms.